The van der Waals surface area contributed by atoms with E-state index in [4.69, 9.17) is 0 Å². The van der Waals surface area contributed by atoms with Crippen LogP contribution in [0.1, 0.15) is 22.6 Å². The monoisotopic (exact) mass is 246 g/mol. The fourth-order valence-electron chi connectivity index (χ4n) is 1.25. The van der Waals surface area contributed by atoms with Gasteiger partial charge in [0.2, 0.25) is 0 Å². The van der Waals surface area contributed by atoms with Crippen LogP contribution in [0.5, 0.6) is 0 Å². The van der Waals surface area contributed by atoms with Gasteiger partial charge in [-0.2, -0.15) is 0 Å². The average Bonchev–Trinajstić information content (AvgIpc) is 2.59. The summed E-state index contributed by atoms with van der Waals surface area (Å²) >= 11 is 5.25. The van der Waals surface area contributed by atoms with Crippen LogP contribution < -0.4 is 0 Å². The topological polar surface area (TPSA) is 20.2 Å². The second-order valence-corrected chi connectivity index (χ2v) is 5.71. The molecule has 1 aliphatic rings. The van der Waals surface area contributed by atoms with E-state index in [9.17, 15) is 5.11 Å². The van der Waals surface area contributed by atoms with Gasteiger partial charge in [-0.05, 0) is 41.8 Å². The molecule has 1 nitrogen and oxygen atoms in total. The van der Waals surface area contributed by atoms with Crippen molar-refractivity contribution < 1.29 is 5.11 Å². The fourth-order valence-corrected chi connectivity index (χ4v) is 2.99. The van der Waals surface area contributed by atoms with Crippen molar-refractivity contribution in [2.75, 3.05) is 0 Å². The van der Waals surface area contributed by atoms with E-state index in [1.807, 2.05) is 0 Å². The number of rotatable bonds is 2. The zero-order valence-corrected chi connectivity index (χ0v) is 9.33. The molecule has 0 bridgehead atoms. The molecule has 1 aliphatic carbocycles. The maximum Gasteiger partial charge on any atom is 0.0698 e. The number of thiophene rings is 1. The first-order chi connectivity index (χ1) is 5.59. The standard InChI is InChI=1S/C9H11BrOS/c1-6-8(10)4-7(12-6)5-9(11)2-3-9/h4,11H,2-3,5H2,1H3. The van der Waals surface area contributed by atoms with E-state index >= 15 is 0 Å². The van der Waals surface area contributed by atoms with Gasteiger partial charge in [-0.1, -0.05) is 0 Å². The molecule has 3 heteroatoms. The van der Waals surface area contributed by atoms with Gasteiger partial charge < -0.3 is 5.11 Å². The highest BCUT2D eigenvalue weighted by molar-refractivity contribution is 9.10. The average molecular weight is 247 g/mol. The largest absolute Gasteiger partial charge is 0.390 e. The summed E-state index contributed by atoms with van der Waals surface area (Å²) in [5, 5.41) is 9.67. The summed E-state index contributed by atoms with van der Waals surface area (Å²) in [6.07, 6.45) is 2.78. The van der Waals surface area contributed by atoms with Crippen molar-refractivity contribution in [3.8, 4) is 0 Å². The Morgan fingerprint density at radius 1 is 1.67 bits per heavy atom. The van der Waals surface area contributed by atoms with E-state index in [-0.39, 0.29) is 5.60 Å². The normalized spacial score (nSPS) is 19.6. The number of aryl methyl sites for hydroxylation is 1. The van der Waals surface area contributed by atoms with Crippen molar-refractivity contribution >= 4 is 27.3 Å². The number of hydrogen-bond donors (Lipinski definition) is 1. The van der Waals surface area contributed by atoms with Crippen LogP contribution in [-0.2, 0) is 6.42 Å². The van der Waals surface area contributed by atoms with Crippen LogP contribution in [0.4, 0.5) is 0 Å². The van der Waals surface area contributed by atoms with Crippen molar-refractivity contribution in [3.63, 3.8) is 0 Å². The highest BCUT2D eigenvalue weighted by Gasteiger charge is 2.40. The van der Waals surface area contributed by atoms with E-state index in [1.165, 1.54) is 14.2 Å². The lowest BCUT2D eigenvalue weighted by molar-refractivity contribution is 0.152. The highest BCUT2D eigenvalue weighted by Crippen LogP contribution is 2.40. The van der Waals surface area contributed by atoms with Crippen molar-refractivity contribution in [2.24, 2.45) is 0 Å². The van der Waals surface area contributed by atoms with Gasteiger partial charge in [0.25, 0.3) is 0 Å². The summed E-state index contributed by atoms with van der Waals surface area (Å²) in [6.45, 7) is 2.09. The third-order valence-corrected chi connectivity index (χ3v) is 4.38. The minimum atomic E-state index is -0.350. The lowest BCUT2D eigenvalue weighted by Gasteiger charge is -2.02. The molecule has 66 valence electrons. The second kappa shape index (κ2) is 2.82. The third-order valence-electron chi connectivity index (χ3n) is 2.24. The fraction of sp³-hybridized carbons (Fsp3) is 0.556. The molecule has 0 aromatic carbocycles. The smallest absolute Gasteiger partial charge is 0.0698 e. The van der Waals surface area contributed by atoms with Gasteiger partial charge in [0.15, 0.2) is 0 Å². The van der Waals surface area contributed by atoms with Gasteiger partial charge in [-0.15, -0.1) is 11.3 Å². The maximum atomic E-state index is 9.67. The quantitative estimate of drug-likeness (QED) is 0.851. The Morgan fingerprint density at radius 3 is 2.75 bits per heavy atom. The molecule has 1 fully saturated rings. The van der Waals surface area contributed by atoms with Crippen LogP contribution in [0.3, 0.4) is 0 Å². The Hall–Kier alpha value is 0.140. The summed E-state index contributed by atoms with van der Waals surface area (Å²) in [5.74, 6) is 0. The molecule has 0 unspecified atom stereocenters. The van der Waals surface area contributed by atoms with Crippen LogP contribution in [0, 0.1) is 6.92 Å². The predicted molar refractivity (Wildman–Crippen MR) is 54.6 cm³/mol. The Bertz CT molecular complexity index is 282. The number of hydrogen-bond acceptors (Lipinski definition) is 2. The summed E-state index contributed by atoms with van der Waals surface area (Å²) in [4.78, 5) is 2.59. The van der Waals surface area contributed by atoms with Gasteiger partial charge in [-0.25, -0.2) is 0 Å². The zero-order valence-electron chi connectivity index (χ0n) is 6.93. The Morgan fingerprint density at radius 2 is 2.33 bits per heavy atom. The van der Waals surface area contributed by atoms with Crippen molar-refractivity contribution in [1.29, 1.82) is 0 Å². The molecule has 0 aliphatic heterocycles. The highest BCUT2D eigenvalue weighted by atomic mass is 79.9. The minimum Gasteiger partial charge on any atom is -0.390 e. The van der Waals surface area contributed by atoms with Gasteiger partial charge >= 0.3 is 0 Å². The Balaban J connectivity index is 2.13. The molecular weight excluding hydrogens is 236 g/mol. The first-order valence-electron chi connectivity index (χ1n) is 4.06. The van der Waals surface area contributed by atoms with Gasteiger partial charge in [-0.3, -0.25) is 0 Å². The summed E-state index contributed by atoms with van der Waals surface area (Å²) in [5.41, 5.74) is -0.350. The van der Waals surface area contributed by atoms with Crippen molar-refractivity contribution in [1.82, 2.24) is 0 Å². The molecule has 0 saturated heterocycles. The molecular formula is C9H11BrOS. The van der Waals surface area contributed by atoms with Crippen LogP contribution >= 0.6 is 27.3 Å². The molecule has 1 N–H and O–H groups in total. The van der Waals surface area contributed by atoms with E-state index in [0.29, 0.717) is 0 Å². The first-order valence-corrected chi connectivity index (χ1v) is 5.67. The summed E-state index contributed by atoms with van der Waals surface area (Å²) in [6, 6.07) is 2.12. The van der Waals surface area contributed by atoms with Crippen molar-refractivity contribution in [3.05, 3.63) is 20.3 Å². The Kier molecular flexibility index (Phi) is 2.05. The Labute approximate surface area is 84.6 Å². The lowest BCUT2D eigenvalue weighted by Crippen LogP contribution is -2.09. The number of aliphatic hydroxyl groups is 1. The van der Waals surface area contributed by atoms with Gasteiger partial charge in [0.1, 0.15) is 0 Å². The maximum absolute atomic E-state index is 9.67. The second-order valence-electron chi connectivity index (χ2n) is 3.52. The molecule has 1 aromatic rings. The van der Waals surface area contributed by atoms with Crippen LogP contribution in [0.15, 0.2) is 10.5 Å². The van der Waals surface area contributed by atoms with Crippen LogP contribution in [0.2, 0.25) is 0 Å². The van der Waals surface area contributed by atoms with Crippen molar-refractivity contribution in [2.45, 2.75) is 31.8 Å². The molecule has 2 rings (SSSR count). The van der Waals surface area contributed by atoms with Crippen LogP contribution in [0.25, 0.3) is 0 Å². The van der Waals surface area contributed by atoms with E-state index in [0.717, 1.165) is 19.3 Å². The third kappa shape index (κ3) is 1.73. The van der Waals surface area contributed by atoms with E-state index < -0.39 is 0 Å². The molecule has 12 heavy (non-hydrogen) atoms. The predicted octanol–water partition coefficient (Wildman–Crippen LogP) is 2.89. The van der Waals surface area contributed by atoms with Gasteiger partial charge in [0.05, 0.1) is 5.60 Å². The van der Waals surface area contributed by atoms with E-state index in [1.54, 1.807) is 11.3 Å². The molecule has 0 amide bonds. The summed E-state index contributed by atoms with van der Waals surface area (Å²) in [7, 11) is 0. The summed E-state index contributed by atoms with van der Waals surface area (Å²) < 4.78 is 1.17. The molecule has 1 aromatic heterocycles. The van der Waals surface area contributed by atoms with Gasteiger partial charge in [0, 0.05) is 20.6 Å². The first kappa shape index (κ1) is 8.73. The molecule has 0 radical (unpaired) electrons. The SMILES string of the molecule is Cc1sc(CC2(O)CC2)cc1Br. The zero-order chi connectivity index (χ0) is 8.77. The molecule has 0 atom stereocenters. The molecule has 1 saturated carbocycles. The lowest BCUT2D eigenvalue weighted by atomic mass is 10.2. The van der Waals surface area contributed by atoms with E-state index in [2.05, 4.69) is 28.9 Å². The minimum absolute atomic E-state index is 0.350. The van der Waals surface area contributed by atoms with Crippen LogP contribution in [-0.4, -0.2) is 10.7 Å². The molecule has 0 spiro atoms. The number of halogens is 1. The molecule has 1 heterocycles.